The third kappa shape index (κ3) is 8.02. The Morgan fingerprint density at radius 2 is 1.79 bits per heavy atom. The van der Waals surface area contributed by atoms with E-state index in [0.29, 0.717) is 35.9 Å². The van der Waals surface area contributed by atoms with Gasteiger partial charge in [-0.1, -0.05) is 65.7 Å². The number of rotatable bonds is 12. The summed E-state index contributed by atoms with van der Waals surface area (Å²) in [7, 11) is -2.62. The number of benzene rings is 3. The molecule has 180 valence electrons. The summed E-state index contributed by atoms with van der Waals surface area (Å²) in [5.41, 5.74) is 1.95. The van der Waals surface area contributed by atoms with E-state index in [2.05, 4.69) is 12.1 Å². The molecule has 0 bridgehead atoms. The molecule has 0 aliphatic rings. The molecule has 1 N–H and O–H groups in total. The van der Waals surface area contributed by atoms with Crippen molar-refractivity contribution in [3.05, 3.63) is 81.8 Å². The zero-order valence-corrected chi connectivity index (χ0v) is 21.2. The van der Waals surface area contributed by atoms with Gasteiger partial charge in [-0.05, 0) is 65.3 Å². The molecule has 2 atom stereocenters. The van der Waals surface area contributed by atoms with Crippen molar-refractivity contribution >= 4 is 48.1 Å². The van der Waals surface area contributed by atoms with Crippen molar-refractivity contribution in [1.29, 1.82) is 0 Å². The van der Waals surface area contributed by atoms with E-state index in [-0.39, 0.29) is 25.0 Å². The predicted octanol–water partition coefficient (Wildman–Crippen LogP) is 7.05. The van der Waals surface area contributed by atoms with Crippen molar-refractivity contribution in [2.75, 3.05) is 13.2 Å². The van der Waals surface area contributed by atoms with E-state index in [1.54, 1.807) is 6.07 Å². The van der Waals surface area contributed by atoms with Gasteiger partial charge in [-0.25, -0.2) is 5.06 Å². The number of carbonyl (C=O) groups is 1. The van der Waals surface area contributed by atoms with Gasteiger partial charge in [0.1, 0.15) is 13.2 Å². The number of fused-ring (bicyclic) bond motifs is 1. The topological polar surface area (TPSA) is 76.1 Å². The largest absolute Gasteiger partial charge is 0.694 e. The summed E-state index contributed by atoms with van der Waals surface area (Å²) in [5.74, 6) is -0.157. The molecule has 0 saturated heterocycles. The number of amides is 1. The lowest BCUT2D eigenvalue weighted by molar-refractivity contribution is -0.189. The lowest BCUT2D eigenvalue weighted by Gasteiger charge is -2.24. The van der Waals surface area contributed by atoms with Crippen LogP contribution in [0.2, 0.25) is 10.0 Å². The summed E-state index contributed by atoms with van der Waals surface area (Å²) in [6.07, 6.45) is 1.86. The second kappa shape index (κ2) is 13.1. The van der Waals surface area contributed by atoms with Crippen LogP contribution in [0.15, 0.2) is 60.7 Å². The number of carbonyl (C=O) groups excluding carboxylic acids is 1. The first-order valence-corrected chi connectivity index (χ1v) is 12.8. The highest BCUT2D eigenvalue weighted by Gasteiger charge is 2.19. The summed E-state index contributed by atoms with van der Waals surface area (Å²) >= 11 is 12.3. The second-order valence-electron chi connectivity index (χ2n) is 7.95. The van der Waals surface area contributed by atoms with Crippen LogP contribution in [0.4, 0.5) is 0 Å². The molecule has 3 rings (SSSR count). The molecular formula is C25H27Cl2NO5P+. The highest BCUT2D eigenvalue weighted by molar-refractivity contribution is 7.32. The molecule has 0 aliphatic carbocycles. The van der Waals surface area contributed by atoms with E-state index >= 15 is 0 Å². The molecule has 0 aliphatic heterocycles. The average Bonchev–Trinajstić information content (AvgIpc) is 2.81. The van der Waals surface area contributed by atoms with E-state index < -0.39 is 8.25 Å². The van der Waals surface area contributed by atoms with Crippen molar-refractivity contribution in [3.8, 4) is 0 Å². The first-order valence-electron chi connectivity index (χ1n) is 11.0. The number of hydroxylamine groups is 2. The Kier molecular flexibility index (Phi) is 10.3. The van der Waals surface area contributed by atoms with Crippen molar-refractivity contribution in [3.63, 3.8) is 0 Å². The Labute approximate surface area is 210 Å². The molecule has 1 amide bonds. The highest BCUT2D eigenvalue weighted by atomic mass is 35.5. The summed E-state index contributed by atoms with van der Waals surface area (Å²) in [5, 5.41) is 4.56. The highest BCUT2D eigenvalue weighted by Crippen LogP contribution is 2.31. The molecule has 3 aromatic carbocycles. The number of hydrogen-bond acceptors (Lipinski definition) is 4. The summed E-state index contributed by atoms with van der Waals surface area (Å²) in [6.45, 7) is 2.29. The minimum Gasteiger partial charge on any atom is -0.273 e. The van der Waals surface area contributed by atoms with Crippen molar-refractivity contribution in [2.24, 2.45) is 0 Å². The van der Waals surface area contributed by atoms with Gasteiger partial charge in [-0.3, -0.25) is 9.63 Å². The van der Waals surface area contributed by atoms with E-state index in [9.17, 15) is 9.36 Å². The second-order valence-corrected chi connectivity index (χ2v) is 9.50. The minimum absolute atomic E-state index is 0.0288. The molecule has 3 aromatic rings. The SMILES string of the molecule is CC(=O)N(CCC(CCCO[P+](=O)O)c1ccc(Cl)c(Cl)c1)OCc1ccc2ccccc2c1. The van der Waals surface area contributed by atoms with Crippen LogP contribution in [0.1, 0.15) is 43.2 Å². The fourth-order valence-electron chi connectivity index (χ4n) is 3.78. The molecule has 0 saturated carbocycles. The van der Waals surface area contributed by atoms with Gasteiger partial charge in [0.15, 0.2) is 0 Å². The Morgan fingerprint density at radius 3 is 2.50 bits per heavy atom. The van der Waals surface area contributed by atoms with Gasteiger partial charge in [-0.2, -0.15) is 0 Å². The van der Waals surface area contributed by atoms with E-state index in [1.165, 1.54) is 12.0 Å². The fraction of sp³-hybridized carbons (Fsp3) is 0.320. The summed E-state index contributed by atoms with van der Waals surface area (Å²) in [6, 6.07) is 19.6. The lowest BCUT2D eigenvalue weighted by Crippen LogP contribution is -2.30. The van der Waals surface area contributed by atoms with Crippen LogP contribution in [-0.2, 0) is 25.3 Å². The zero-order valence-electron chi connectivity index (χ0n) is 18.8. The predicted molar refractivity (Wildman–Crippen MR) is 135 cm³/mol. The molecule has 9 heteroatoms. The Bertz CT molecular complexity index is 1140. The molecule has 0 spiro atoms. The number of halogens is 2. The quantitative estimate of drug-likeness (QED) is 0.157. The van der Waals surface area contributed by atoms with Gasteiger partial charge in [0.05, 0.1) is 10.0 Å². The Morgan fingerprint density at radius 1 is 1.03 bits per heavy atom. The fourth-order valence-corrected chi connectivity index (χ4v) is 4.38. The smallest absolute Gasteiger partial charge is 0.273 e. The molecule has 0 aromatic heterocycles. The van der Waals surface area contributed by atoms with Gasteiger partial charge in [0.25, 0.3) is 0 Å². The Hall–Kier alpha value is -2.05. The zero-order chi connectivity index (χ0) is 24.5. The molecule has 0 fully saturated rings. The van der Waals surface area contributed by atoms with Gasteiger partial charge in [0.2, 0.25) is 5.91 Å². The third-order valence-corrected chi connectivity index (χ3v) is 6.69. The monoisotopic (exact) mass is 522 g/mol. The van der Waals surface area contributed by atoms with Crippen LogP contribution >= 0.6 is 31.5 Å². The van der Waals surface area contributed by atoms with Crippen molar-refractivity contribution in [1.82, 2.24) is 5.06 Å². The standard InChI is InChI=1S/C25H26Cl2NO5P/c1-18(29)28(32-17-19-8-9-20-5-2-3-6-22(20)15-19)13-12-21(7-4-14-33-34(30)31)23-10-11-24(26)25(27)16-23/h2-3,5-6,8-11,15-16,21H,4,7,12-14,17H2,1H3/p+1. The molecule has 0 heterocycles. The summed E-state index contributed by atoms with van der Waals surface area (Å²) < 4.78 is 15.6. The lowest BCUT2D eigenvalue weighted by atomic mass is 9.91. The number of nitrogens with zero attached hydrogens (tertiary/aromatic N) is 1. The molecule has 34 heavy (non-hydrogen) atoms. The van der Waals surface area contributed by atoms with Gasteiger partial charge in [0, 0.05) is 18.0 Å². The molecule has 2 unspecified atom stereocenters. The van der Waals surface area contributed by atoms with Gasteiger partial charge < -0.3 is 0 Å². The van der Waals surface area contributed by atoms with Gasteiger partial charge in [-0.15, -0.1) is 9.42 Å². The maximum absolute atomic E-state index is 12.2. The van der Waals surface area contributed by atoms with Crippen molar-refractivity contribution in [2.45, 2.75) is 38.7 Å². The van der Waals surface area contributed by atoms with Crippen LogP contribution in [-0.4, -0.2) is 29.0 Å². The van der Waals surface area contributed by atoms with Crippen molar-refractivity contribution < 1.29 is 23.6 Å². The van der Waals surface area contributed by atoms with Crippen LogP contribution in [0.5, 0.6) is 0 Å². The van der Waals surface area contributed by atoms with E-state index in [1.807, 2.05) is 42.5 Å². The molecule has 0 radical (unpaired) electrons. The normalized spacial score (nSPS) is 12.5. The van der Waals surface area contributed by atoms with Crippen LogP contribution in [0, 0.1) is 0 Å². The third-order valence-electron chi connectivity index (χ3n) is 5.55. The maximum atomic E-state index is 12.2. The maximum Gasteiger partial charge on any atom is 0.694 e. The summed E-state index contributed by atoms with van der Waals surface area (Å²) in [4.78, 5) is 27.0. The first-order chi connectivity index (χ1) is 16.3. The number of hydrogen-bond donors (Lipinski definition) is 1. The van der Waals surface area contributed by atoms with E-state index in [4.69, 9.17) is 37.5 Å². The first kappa shape index (κ1) is 26.6. The molecule has 6 nitrogen and oxygen atoms in total. The van der Waals surface area contributed by atoms with Crippen LogP contribution < -0.4 is 0 Å². The van der Waals surface area contributed by atoms with Crippen LogP contribution in [0.3, 0.4) is 0 Å². The molecular weight excluding hydrogens is 496 g/mol. The Balaban J connectivity index is 1.64. The van der Waals surface area contributed by atoms with Gasteiger partial charge >= 0.3 is 8.25 Å². The minimum atomic E-state index is -2.62. The van der Waals surface area contributed by atoms with Crippen LogP contribution in [0.25, 0.3) is 10.8 Å². The van der Waals surface area contributed by atoms with E-state index in [0.717, 1.165) is 21.9 Å². The average molecular weight is 523 g/mol.